The highest BCUT2D eigenvalue weighted by Crippen LogP contribution is 2.22. The Morgan fingerprint density at radius 1 is 1.29 bits per heavy atom. The number of carbonyl (C=O) groups is 2. The second-order valence-corrected chi connectivity index (χ2v) is 6.71. The van der Waals surface area contributed by atoms with E-state index in [0.29, 0.717) is 24.7 Å². The molecule has 0 aromatic heterocycles. The maximum absolute atomic E-state index is 13.2. The third kappa shape index (κ3) is 3.87. The first-order valence-electron chi connectivity index (χ1n) is 8.28. The molecular formula is C17H21ClFN3O2. The number of hydrogen-bond donors (Lipinski definition) is 1. The average Bonchev–Trinajstić information content (AvgIpc) is 3.07. The second-order valence-electron chi connectivity index (χ2n) is 6.31. The van der Waals surface area contributed by atoms with Crippen molar-refractivity contribution in [3.8, 4) is 0 Å². The van der Waals surface area contributed by atoms with Gasteiger partial charge < -0.3 is 10.2 Å². The highest BCUT2D eigenvalue weighted by molar-refractivity contribution is 6.31. The molecule has 130 valence electrons. The molecule has 3 rings (SSSR count). The molecule has 2 heterocycles. The molecule has 2 aliphatic heterocycles. The van der Waals surface area contributed by atoms with E-state index >= 15 is 0 Å². The van der Waals surface area contributed by atoms with Crippen molar-refractivity contribution in [2.75, 3.05) is 26.2 Å². The van der Waals surface area contributed by atoms with Crippen LogP contribution in [-0.2, 0) is 16.1 Å². The van der Waals surface area contributed by atoms with Gasteiger partial charge in [-0.05, 0) is 30.5 Å². The third-order valence-corrected chi connectivity index (χ3v) is 5.01. The molecule has 0 spiro atoms. The molecule has 0 radical (unpaired) electrons. The highest BCUT2D eigenvalue weighted by atomic mass is 35.5. The van der Waals surface area contributed by atoms with Crippen LogP contribution in [0.15, 0.2) is 18.2 Å². The van der Waals surface area contributed by atoms with Gasteiger partial charge in [-0.1, -0.05) is 17.7 Å². The van der Waals surface area contributed by atoms with Gasteiger partial charge in [0, 0.05) is 37.7 Å². The summed E-state index contributed by atoms with van der Waals surface area (Å²) in [6.07, 6.45) is 2.22. The smallest absolute Gasteiger partial charge is 0.237 e. The Hall–Kier alpha value is -1.66. The van der Waals surface area contributed by atoms with E-state index in [4.69, 9.17) is 11.6 Å². The van der Waals surface area contributed by atoms with Crippen LogP contribution in [0.5, 0.6) is 0 Å². The summed E-state index contributed by atoms with van der Waals surface area (Å²) in [6.45, 7) is 3.14. The Morgan fingerprint density at radius 3 is 2.75 bits per heavy atom. The first-order valence-corrected chi connectivity index (χ1v) is 8.66. The van der Waals surface area contributed by atoms with Crippen LogP contribution in [0, 0.1) is 5.82 Å². The largest absolute Gasteiger partial charge is 0.353 e. The standard InChI is InChI=1S/C17H21ClFN3O2/c18-14-9-13(19)4-3-12(14)11-22-8-5-20-17(24)15(22)10-16(23)21-6-1-2-7-21/h3-4,9,15H,1-2,5-8,10-11H2,(H,20,24). The summed E-state index contributed by atoms with van der Waals surface area (Å²) in [7, 11) is 0. The van der Waals surface area contributed by atoms with Gasteiger partial charge in [-0.15, -0.1) is 0 Å². The fourth-order valence-corrected chi connectivity index (χ4v) is 3.53. The SMILES string of the molecule is O=C1NCCN(Cc2ccc(F)cc2Cl)C1CC(=O)N1CCCC1. The molecule has 2 aliphatic rings. The maximum atomic E-state index is 13.2. The number of nitrogens with zero attached hydrogens (tertiary/aromatic N) is 2. The molecule has 5 nitrogen and oxygen atoms in total. The topological polar surface area (TPSA) is 52.7 Å². The van der Waals surface area contributed by atoms with Crippen LogP contribution < -0.4 is 5.32 Å². The zero-order valence-electron chi connectivity index (χ0n) is 13.4. The summed E-state index contributed by atoms with van der Waals surface area (Å²) in [4.78, 5) is 28.5. The van der Waals surface area contributed by atoms with E-state index in [1.54, 1.807) is 6.07 Å². The van der Waals surface area contributed by atoms with E-state index in [2.05, 4.69) is 5.32 Å². The monoisotopic (exact) mass is 353 g/mol. The Labute approximate surface area is 145 Å². The van der Waals surface area contributed by atoms with Gasteiger partial charge in [-0.25, -0.2) is 4.39 Å². The number of amides is 2. The minimum Gasteiger partial charge on any atom is -0.353 e. The van der Waals surface area contributed by atoms with Crippen molar-refractivity contribution in [3.63, 3.8) is 0 Å². The van der Waals surface area contributed by atoms with E-state index < -0.39 is 6.04 Å². The van der Waals surface area contributed by atoms with Crippen molar-refractivity contribution in [1.29, 1.82) is 0 Å². The van der Waals surface area contributed by atoms with Gasteiger partial charge in [-0.2, -0.15) is 0 Å². The molecule has 1 aromatic carbocycles. The van der Waals surface area contributed by atoms with Gasteiger partial charge in [0.25, 0.3) is 0 Å². The molecule has 1 aromatic rings. The Morgan fingerprint density at radius 2 is 2.04 bits per heavy atom. The van der Waals surface area contributed by atoms with Crippen molar-refractivity contribution < 1.29 is 14.0 Å². The number of carbonyl (C=O) groups excluding carboxylic acids is 2. The normalized spacial score (nSPS) is 21.8. The van der Waals surface area contributed by atoms with Crippen molar-refractivity contribution in [3.05, 3.63) is 34.6 Å². The minimum absolute atomic E-state index is 0.0183. The van der Waals surface area contributed by atoms with Gasteiger partial charge in [0.1, 0.15) is 5.82 Å². The predicted octanol–water partition coefficient (Wildman–Crippen LogP) is 1.79. The van der Waals surface area contributed by atoms with E-state index in [0.717, 1.165) is 31.5 Å². The van der Waals surface area contributed by atoms with Gasteiger partial charge in [-0.3, -0.25) is 14.5 Å². The number of halogens is 2. The lowest BCUT2D eigenvalue weighted by Crippen LogP contribution is -2.56. The summed E-state index contributed by atoms with van der Waals surface area (Å²) < 4.78 is 13.2. The zero-order chi connectivity index (χ0) is 17.1. The van der Waals surface area contributed by atoms with Crippen LogP contribution in [0.1, 0.15) is 24.8 Å². The summed E-state index contributed by atoms with van der Waals surface area (Å²) >= 11 is 6.10. The fraction of sp³-hybridized carbons (Fsp3) is 0.529. The first kappa shape index (κ1) is 17.2. The van der Waals surface area contributed by atoms with Crippen molar-refractivity contribution >= 4 is 23.4 Å². The molecule has 0 aliphatic carbocycles. The van der Waals surface area contributed by atoms with Crippen LogP contribution in [0.4, 0.5) is 4.39 Å². The Balaban J connectivity index is 1.71. The van der Waals surface area contributed by atoms with E-state index in [1.807, 2.05) is 9.80 Å². The predicted molar refractivity (Wildman–Crippen MR) is 89.0 cm³/mol. The van der Waals surface area contributed by atoms with E-state index in [1.165, 1.54) is 12.1 Å². The molecule has 2 saturated heterocycles. The van der Waals surface area contributed by atoms with Crippen LogP contribution in [0.2, 0.25) is 5.02 Å². The number of piperazine rings is 1. The Kier molecular flexibility index (Phi) is 5.36. The lowest BCUT2D eigenvalue weighted by atomic mass is 10.1. The molecule has 0 saturated carbocycles. The van der Waals surface area contributed by atoms with Gasteiger partial charge in [0.2, 0.25) is 11.8 Å². The number of benzene rings is 1. The Bertz CT molecular complexity index is 634. The number of nitrogens with one attached hydrogen (secondary N) is 1. The lowest BCUT2D eigenvalue weighted by molar-refractivity contribution is -0.138. The molecule has 7 heteroatoms. The van der Waals surface area contributed by atoms with Crippen LogP contribution in [0.3, 0.4) is 0 Å². The number of rotatable bonds is 4. The molecule has 1 atom stereocenters. The van der Waals surface area contributed by atoms with Crippen LogP contribution in [0.25, 0.3) is 0 Å². The number of hydrogen-bond acceptors (Lipinski definition) is 3. The molecule has 0 bridgehead atoms. The van der Waals surface area contributed by atoms with Gasteiger partial charge in [0.15, 0.2) is 0 Å². The third-order valence-electron chi connectivity index (χ3n) is 4.66. The van der Waals surface area contributed by atoms with Gasteiger partial charge >= 0.3 is 0 Å². The molecule has 2 amide bonds. The fourth-order valence-electron chi connectivity index (χ4n) is 3.30. The molecule has 1 N–H and O–H groups in total. The maximum Gasteiger partial charge on any atom is 0.237 e. The van der Waals surface area contributed by atoms with Crippen molar-refractivity contribution in [2.45, 2.75) is 31.8 Å². The average molecular weight is 354 g/mol. The lowest BCUT2D eigenvalue weighted by Gasteiger charge is -2.35. The van der Waals surface area contributed by atoms with Crippen molar-refractivity contribution in [2.24, 2.45) is 0 Å². The van der Waals surface area contributed by atoms with E-state index in [-0.39, 0.29) is 24.1 Å². The minimum atomic E-state index is -0.507. The molecule has 24 heavy (non-hydrogen) atoms. The number of likely N-dealkylation sites (tertiary alicyclic amines) is 1. The van der Waals surface area contributed by atoms with Crippen LogP contribution in [-0.4, -0.2) is 53.8 Å². The quantitative estimate of drug-likeness (QED) is 0.898. The highest BCUT2D eigenvalue weighted by Gasteiger charge is 2.33. The van der Waals surface area contributed by atoms with Crippen LogP contribution >= 0.6 is 11.6 Å². The summed E-state index contributed by atoms with van der Waals surface area (Å²) in [5.41, 5.74) is 0.756. The molecule has 1 unspecified atom stereocenters. The first-order chi connectivity index (χ1) is 11.5. The van der Waals surface area contributed by atoms with Crippen molar-refractivity contribution in [1.82, 2.24) is 15.1 Å². The van der Waals surface area contributed by atoms with E-state index in [9.17, 15) is 14.0 Å². The second kappa shape index (κ2) is 7.49. The molecule has 2 fully saturated rings. The molecular weight excluding hydrogens is 333 g/mol. The summed E-state index contributed by atoms with van der Waals surface area (Å²) in [5, 5.41) is 3.16. The zero-order valence-corrected chi connectivity index (χ0v) is 14.2. The summed E-state index contributed by atoms with van der Waals surface area (Å²) in [6, 6.07) is 3.75. The summed E-state index contributed by atoms with van der Waals surface area (Å²) in [5.74, 6) is -0.502. The van der Waals surface area contributed by atoms with Gasteiger partial charge in [0.05, 0.1) is 12.5 Å².